The highest BCUT2D eigenvalue weighted by atomic mass is 16.3. The van der Waals surface area contributed by atoms with Crippen molar-refractivity contribution in [1.82, 2.24) is 21.3 Å². The van der Waals surface area contributed by atoms with Crippen molar-refractivity contribution in [2.24, 2.45) is 23.7 Å². The Bertz CT molecular complexity index is 1640. The number of carbonyl (C=O) groups excluding carboxylic acids is 4. The van der Waals surface area contributed by atoms with Gasteiger partial charge in [-0.25, -0.2) is 0 Å². The molecule has 3 rings (SSSR count). The van der Waals surface area contributed by atoms with Crippen LogP contribution in [0.5, 0.6) is 0 Å². The van der Waals surface area contributed by atoms with Gasteiger partial charge in [0.2, 0.25) is 23.6 Å². The fourth-order valence-electron chi connectivity index (χ4n) is 16.8. The van der Waals surface area contributed by atoms with Gasteiger partial charge in [0.15, 0.2) is 0 Å². The van der Waals surface area contributed by atoms with Crippen molar-refractivity contribution < 1.29 is 29.4 Å². The first kappa shape index (κ1) is 86.0. The molecule has 0 saturated heterocycles. The quantitative estimate of drug-likeness (QED) is 0.0333. The summed E-state index contributed by atoms with van der Waals surface area (Å²) < 4.78 is 0. The Morgan fingerprint density at radius 3 is 0.670 bits per heavy atom. The van der Waals surface area contributed by atoms with Gasteiger partial charge >= 0.3 is 0 Å². The molecule has 0 aromatic rings. The Labute approximate surface area is 582 Å². The lowest BCUT2D eigenvalue weighted by Gasteiger charge is -2.42. The van der Waals surface area contributed by atoms with Gasteiger partial charge in [-0.3, -0.25) is 19.2 Å². The third kappa shape index (κ3) is 46.2. The van der Waals surface area contributed by atoms with Crippen molar-refractivity contribution in [1.29, 1.82) is 0 Å². The fourth-order valence-corrected chi connectivity index (χ4v) is 16.8. The summed E-state index contributed by atoms with van der Waals surface area (Å²) in [6.07, 6.45) is 76.6. The Balaban J connectivity index is 1.38. The van der Waals surface area contributed by atoms with Gasteiger partial charge in [0.1, 0.15) is 0 Å². The third-order valence-corrected chi connectivity index (χ3v) is 22.9. The maximum atomic E-state index is 13.4. The van der Waals surface area contributed by atoms with E-state index in [1.807, 2.05) is 0 Å². The number of carbonyl (C=O) groups is 4. The molecular formula is C84H160N4O6. The zero-order valence-corrected chi connectivity index (χ0v) is 63.0. The summed E-state index contributed by atoms with van der Waals surface area (Å²) in [6.45, 7) is 9.11. The lowest BCUT2D eigenvalue weighted by Crippen LogP contribution is -2.53. The maximum absolute atomic E-state index is 13.4. The second-order valence-electron chi connectivity index (χ2n) is 31.5. The standard InChI is InChI=1S/C84H160N4O6/c1-5-9-13-17-27-37-53-71-69-73(55-39-33-35-47-67-83(93)87-79-63-51-49-61-77(79)85-81(91)65-45-31-25-21-19-23-29-43-59-75(89)57-41-15-11-7-3)74(70-72(71)54-38-28-18-14-10-6-2)56-40-34-36-48-68-84(94)88-80-64-52-50-62-78(80)86-82(92)66-46-32-26-22-20-24-30-44-60-76(90)58-42-16-12-8-4/h71-80,89-90H,5-70H2,1-4H3,(H,85,91)(H,86,92)(H,87,93)(H,88,94)/t71?,72?,73?,74?,75?,76?,77-,78+,79-,80+. The van der Waals surface area contributed by atoms with Gasteiger partial charge in [0, 0.05) is 49.9 Å². The van der Waals surface area contributed by atoms with E-state index in [2.05, 4.69) is 49.0 Å². The van der Waals surface area contributed by atoms with Crippen LogP contribution in [0, 0.1) is 23.7 Å². The third-order valence-electron chi connectivity index (χ3n) is 22.9. The number of unbranched alkanes of at least 4 members (excludes halogenated alkanes) is 36. The summed E-state index contributed by atoms with van der Waals surface area (Å²) >= 11 is 0. The van der Waals surface area contributed by atoms with Gasteiger partial charge in [-0.1, -0.05) is 336 Å². The highest BCUT2D eigenvalue weighted by Gasteiger charge is 2.36. The number of hydrogen-bond donors (Lipinski definition) is 6. The zero-order chi connectivity index (χ0) is 67.6. The van der Waals surface area contributed by atoms with E-state index in [1.165, 1.54) is 244 Å². The molecule has 0 heterocycles. The molecule has 3 fully saturated rings. The number of rotatable bonds is 64. The monoisotopic (exact) mass is 1320 g/mol. The molecule has 3 aliphatic carbocycles. The molecule has 3 aliphatic rings. The number of aliphatic hydroxyl groups is 2. The van der Waals surface area contributed by atoms with E-state index < -0.39 is 0 Å². The van der Waals surface area contributed by atoms with Gasteiger partial charge < -0.3 is 31.5 Å². The van der Waals surface area contributed by atoms with E-state index >= 15 is 0 Å². The second-order valence-corrected chi connectivity index (χ2v) is 31.5. The minimum atomic E-state index is -0.114. The Hall–Kier alpha value is -2.20. The number of aliphatic hydroxyl groups excluding tert-OH is 2. The van der Waals surface area contributed by atoms with Gasteiger partial charge in [0.25, 0.3) is 0 Å². The van der Waals surface area contributed by atoms with Crippen molar-refractivity contribution >= 4 is 23.6 Å². The molecule has 0 aromatic heterocycles. The Kier molecular flexibility index (Phi) is 55.6. The van der Waals surface area contributed by atoms with Crippen LogP contribution in [0.25, 0.3) is 0 Å². The van der Waals surface area contributed by atoms with E-state index in [1.54, 1.807) is 0 Å². The molecule has 0 bridgehead atoms. The molecule has 0 aliphatic heterocycles. The lowest BCUT2D eigenvalue weighted by atomic mass is 9.63. The largest absolute Gasteiger partial charge is 0.393 e. The van der Waals surface area contributed by atoms with Gasteiger partial charge in [0.05, 0.1) is 12.2 Å². The van der Waals surface area contributed by atoms with Crippen LogP contribution in [0.15, 0.2) is 0 Å². The van der Waals surface area contributed by atoms with E-state index in [4.69, 9.17) is 0 Å². The highest BCUT2D eigenvalue weighted by molar-refractivity contribution is 5.78. The van der Waals surface area contributed by atoms with Crippen LogP contribution >= 0.6 is 0 Å². The average Bonchev–Trinajstić information content (AvgIpc) is 0.930. The van der Waals surface area contributed by atoms with Gasteiger partial charge in [-0.15, -0.1) is 0 Å². The molecule has 0 aromatic carbocycles. The minimum absolute atomic E-state index is 0.0458. The van der Waals surface area contributed by atoms with E-state index in [0.717, 1.165) is 178 Å². The number of nitrogens with one attached hydrogen (secondary N) is 4. The molecule has 0 spiro atoms. The van der Waals surface area contributed by atoms with E-state index in [-0.39, 0.29) is 60.0 Å². The van der Waals surface area contributed by atoms with Crippen molar-refractivity contribution in [2.75, 3.05) is 0 Å². The molecule has 6 N–H and O–H groups in total. The van der Waals surface area contributed by atoms with E-state index in [9.17, 15) is 29.4 Å². The van der Waals surface area contributed by atoms with Crippen molar-refractivity contribution in [2.45, 2.75) is 488 Å². The predicted molar refractivity (Wildman–Crippen MR) is 401 cm³/mol. The molecule has 552 valence electrons. The van der Waals surface area contributed by atoms with Crippen LogP contribution in [0.2, 0.25) is 0 Å². The molecule has 10 nitrogen and oxygen atoms in total. The Morgan fingerprint density at radius 1 is 0.266 bits per heavy atom. The summed E-state index contributed by atoms with van der Waals surface area (Å²) in [5.41, 5.74) is 0. The smallest absolute Gasteiger partial charge is 0.220 e. The van der Waals surface area contributed by atoms with Crippen molar-refractivity contribution in [3.63, 3.8) is 0 Å². The normalized spacial score (nSPS) is 21.4. The fraction of sp³-hybridized carbons (Fsp3) is 0.952. The molecular weight excluding hydrogens is 1160 g/mol. The maximum Gasteiger partial charge on any atom is 0.220 e. The zero-order valence-electron chi connectivity index (χ0n) is 63.0. The molecule has 10 atom stereocenters. The van der Waals surface area contributed by atoms with Crippen LogP contribution in [-0.4, -0.2) is 70.2 Å². The lowest BCUT2D eigenvalue weighted by molar-refractivity contribution is -0.125. The number of amides is 4. The minimum Gasteiger partial charge on any atom is -0.393 e. The summed E-state index contributed by atoms with van der Waals surface area (Å²) in [5, 5.41) is 34.0. The highest BCUT2D eigenvalue weighted by Crippen LogP contribution is 2.47. The second kappa shape index (κ2) is 60.7. The number of hydrogen-bond acceptors (Lipinski definition) is 6. The molecule has 94 heavy (non-hydrogen) atoms. The van der Waals surface area contributed by atoms with Gasteiger partial charge in [-0.05, 0) is 114 Å². The topological polar surface area (TPSA) is 157 Å². The molecule has 0 radical (unpaired) electrons. The Morgan fingerprint density at radius 2 is 0.447 bits per heavy atom. The van der Waals surface area contributed by atoms with E-state index in [0.29, 0.717) is 25.7 Å². The average molecular weight is 1320 g/mol. The van der Waals surface area contributed by atoms with Crippen molar-refractivity contribution in [3.05, 3.63) is 0 Å². The van der Waals surface area contributed by atoms with Crippen LogP contribution in [0.1, 0.15) is 451 Å². The first-order valence-corrected chi connectivity index (χ1v) is 42.6. The summed E-state index contributed by atoms with van der Waals surface area (Å²) in [7, 11) is 0. The summed E-state index contributed by atoms with van der Waals surface area (Å²) in [4.78, 5) is 53.1. The van der Waals surface area contributed by atoms with Crippen LogP contribution in [0.4, 0.5) is 0 Å². The molecule has 3 saturated carbocycles. The van der Waals surface area contributed by atoms with Crippen LogP contribution in [0.3, 0.4) is 0 Å². The summed E-state index contributed by atoms with van der Waals surface area (Å²) in [5.74, 6) is 3.99. The predicted octanol–water partition coefficient (Wildman–Crippen LogP) is 23.0. The van der Waals surface area contributed by atoms with Gasteiger partial charge in [-0.2, -0.15) is 0 Å². The first-order chi connectivity index (χ1) is 46.1. The molecule has 10 heteroatoms. The molecule has 6 unspecified atom stereocenters. The van der Waals surface area contributed by atoms with Crippen LogP contribution in [-0.2, 0) is 19.2 Å². The first-order valence-electron chi connectivity index (χ1n) is 42.6. The van der Waals surface area contributed by atoms with Crippen molar-refractivity contribution in [3.8, 4) is 0 Å². The van der Waals surface area contributed by atoms with Crippen LogP contribution < -0.4 is 21.3 Å². The molecule has 4 amide bonds. The SMILES string of the molecule is CCCCCCCCC1CC(CCCCCCC(=O)N[C@H]2CCCC[C@@H]2NC(=O)CCCCCCCCCCC(O)CCCCCC)C(CCCCCCC(=O)N[C@@H]2CCCC[C@H]2NC(=O)CCCCCCCCCCC(O)CCCCCC)CC1CCCCCCCC. The summed E-state index contributed by atoms with van der Waals surface area (Å²) in [6, 6.07) is 0.187.